The van der Waals surface area contributed by atoms with Crippen LogP contribution in [0.4, 0.5) is 13.2 Å². The SMILES string of the molecule is C#CCCOc1cc(C(F)(F)F)cc(Cl)n1. The fourth-order valence-electron chi connectivity index (χ4n) is 0.925. The average molecular weight is 250 g/mol. The van der Waals surface area contributed by atoms with E-state index in [9.17, 15) is 13.2 Å². The molecule has 1 aromatic heterocycles. The molecule has 0 saturated carbocycles. The van der Waals surface area contributed by atoms with Gasteiger partial charge in [0.15, 0.2) is 0 Å². The summed E-state index contributed by atoms with van der Waals surface area (Å²) >= 11 is 5.44. The van der Waals surface area contributed by atoms with Gasteiger partial charge in [-0.1, -0.05) is 11.6 Å². The number of nitrogens with zero attached hydrogens (tertiary/aromatic N) is 1. The van der Waals surface area contributed by atoms with Crippen molar-refractivity contribution in [3.8, 4) is 18.2 Å². The summed E-state index contributed by atoms with van der Waals surface area (Å²) in [6.45, 7) is 0.0984. The molecule has 86 valence electrons. The highest BCUT2D eigenvalue weighted by Gasteiger charge is 2.31. The Balaban J connectivity index is 2.87. The van der Waals surface area contributed by atoms with Gasteiger partial charge in [-0.05, 0) is 6.07 Å². The van der Waals surface area contributed by atoms with E-state index in [-0.39, 0.29) is 24.1 Å². The molecule has 1 rings (SSSR count). The van der Waals surface area contributed by atoms with Gasteiger partial charge in [0.1, 0.15) is 11.8 Å². The average Bonchev–Trinajstić information content (AvgIpc) is 2.16. The Morgan fingerprint density at radius 3 is 2.69 bits per heavy atom. The highest BCUT2D eigenvalue weighted by molar-refractivity contribution is 6.29. The second kappa shape index (κ2) is 5.08. The molecule has 6 heteroatoms. The summed E-state index contributed by atoms with van der Waals surface area (Å²) < 4.78 is 42.0. The van der Waals surface area contributed by atoms with Crippen LogP contribution in [0.5, 0.6) is 5.88 Å². The van der Waals surface area contributed by atoms with E-state index in [1.807, 2.05) is 0 Å². The van der Waals surface area contributed by atoms with Gasteiger partial charge in [-0.2, -0.15) is 13.2 Å². The topological polar surface area (TPSA) is 22.1 Å². The maximum Gasteiger partial charge on any atom is 0.416 e. The second-order valence-electron chi connectivity index (χ2n) is 2.82. The van der Waals surface area contributed by atoms with Gasteiger partial charge < -0.3 is 4.74 Å². The van der Waals surface area contributed by atoms with E-state index >= 15 is 0 Å². The summed E-state index contributed by atoms with van der Waals surface area (Å²) in [6, 6.07) is 1.51. The first kappa shape index (κ1) is 12.7. The van der Waals surface area contributed by atoms with Gasteiger partial charge in [0.25, 0.3) is 0 Å². The molecule has 0 atom stereocenters. The van der Waals surface area contributed by atoms with E-state index < -0.39 is 11.7 Å². The lowest BCUT2D eigenvalue weighted by molar-refractivity contribution is -0.137. The van der Waals surface area contributed by atoms with Crippen LogP contribution in [0.15, 0.2) is 12.1 Å². The largest absolute Gasteiger partial charge is 0.477 e. The van der Waals surface area contributed by atoms with E-state index in [0.717, 1.165) is 12.1 Å². The number of hydrogen-bond donors (Lipinski definition) is 0. The van der Waals surface area contributed by atoms with Crippen LogP contribution in [0.1, 0.15) is 12.0 Å². The Morgan fingerprint density at radius 2 is 2.12 bits per heavy atom. The fourth-order valence-corrected chi connectivity index (χ4v) is 1.13. The lowest BCUT2D eigenvalue weighted by Crippen LogP contribution is -2.07. The number of rotatable bonds is 3. The summed E-state index contributed by atoms with van der Waals surface area (Å²) in [5.74, 6) is 2.10. The first-order valence-electron chi connectivity index (χ1n) is 4.24. The van der Waals surface area contributed by atoms with Crippen molar-refractivity contribution in [2.45, 2.75) is 12.6 Å². The summed E-state index contributed by atoms with van der Waals surface area (Å²) in [5.41, 5.74) is -0.900. The molecule has 0 aliphatic carbocycles. The predicted octanol–water partition coefficient (Wildman–Crippen LogP) is 3.16. The molecule has 0 bridgehead atoms. The Hall–Kier alpha value is -1.41. The number of halogens is 4. The Labute approximate surface area is 95.4 Å². The van der Waals surface area contributed by atoms with Crippen molar-refractivity contribution >= 4 is 11.6 Å². The predicted molar refractivity (Wildman–Crippen MR) is 53.2 cm³/mol. The van der Waals surface area contributed by atoms with E-state index in [1.165, 1.54) is 0 Å². The van der Waals surface area contributed by atoms with Gasteiger partial charge in [0.2, 0.25) is 5.88 Å². The van der Waals surface area contributed by atoms with Crippen LogP contribution < -0.4 is 4.74 Å². The molecular formula is C10H7ClF3NO. The minimum absolute atomic E-state index is 0.0984. The lowest BCUT2D eigenvalue weighted by Gasteiger charge is -2.09. The molecule has 16 heavy (non-hydrogen) atoms. The number of terminal acetylenes is 1. The first-order chi connectivity index (χ1) is 7.43. The van der Waals surface area contributed by atoms with Crippen LogP contribution in [0, 0.1) is 12.3 Å². The highest BCUT2D eigenvalue weighted by atomic mass is 35.5. The Bertz CT molecular complexity index is 412. The van der Waals surface area contributed by atoms with Crippen LogP contribution in [-0.2, 0) is 6.18 Å². The molecule has 0 aliphatic heterocycles. The van der Waals surface area contributed by atoms with Crippen LogP contribution >= 0.6 is 11.6 Å². The van der Waals surface area contributed by atoms with Crippen molar-refractivity contribution in [2.24, 2.45) is 0 Å². The minimum Gasteiger partial charge on any atom is -0.477 e. The number of alkyl halides is 3. The van der Waals surface area contributed by atoms with Crippen molar-refractivity contribution in [3.63, 3.8) is 0 Å². The molecule has 0 saturated heterocycles. The minimum atomic E-state index is -4.48. The maximum absolute atomic E-state index is 12.4. The number of ether oxygens (including phenoxy) is 1. The maximum atomic E-state index is 12.4. The quantitative estimate of drug-likeness (QED) is 0.466. The molecule has 0 radical (unpaired) electrons. The molecule has 0 N–H and O–H groups in total. The number of aromatic nitrogens is 1. The van der Waals surface area contributed by atoms with Crippen molar-refractivity contribution in [3.05, 3.63) is 22.8 Å². The molecule has 2 nitrogen and oxygen atoms in total. The van der Waals surface area contributed by atoms with Gasteiger partial charge in [-0.15, -0.1) is 12.3 Å². The number of hydrogen-bond acceptors (Lipinski definition) is 2. The third kappa shape index (κ3) is 3.63. The van der Waals surface area contributed by atoms with E-state index in [4.69, 9.17) is 22.8 Å². The van der Waals surface area contributed by atoms with Crippen LogP contribution in [0.25, 0.3) is 0 Å². The van der Waals surface area contributed by atoms with Crippen molar-refractivity contribution in [1.82, 2.24) is 4.98 Å². The van der Waals surface area contributed by atoms with Crippen molar-refractivity contribution in [1.29, 1.82) is 0 Å². The van der Waals surface area contributed by atoms with Gasteiger partial charge >= 0.3 is 6.18 Å². The molecule has 0 aliphatic rings. The molecule has 1 aromatic rings. The molecule has 0 spiro atoms. The molecular weight excluding hydrogens is 243 g/mol. The summed E-state index contributed by atoms with van der Waals surface area (Å²) in [6.07, 6.45) is 0.777. The molecule has 1 heterocycles. The van der Waals surface area contributed by atoms with Gasteiger partial charge in [-0.25, -0.2) is 4.98 Å². The fraction of sp³-hybridized carbons (Fsp3) is 0.300. The number of pyridine rings is 1. The molecule has 0 aromatic carbocycles. The monoisotopic (exact) mass is 249 g/mol. The van der Waals surface area contributed by atoms with Crippen LogP contribution in [0.3, 0.4) is 0 Å². The summed E-state index contributed by atoms with van der Waals surface area (Å²) in [7, 11) is 0. The Morgan fingerprint density at radius 1 is 1.44 bits per heavy atom. The summed E-state index contributed by atoms with van der Waals surface area (Å²) in [4.78, 5) is 3.59. The van der Waals surface area contributed by atoms with Crippen LogP contribution in [0.2, 0.25) is 5.15 Å². The third-order valence-electron chi connectivity index (χ3n) is 1.59. The second-order valence-corrected chi connectivity index (χ2v) is 3.20. The van der Waals surface area contributed by atoms with Crippen molar-refractivity contribution < 1.29 is 17.9 Å². The zero-order valence-corrected chi connectivity index (χ0v) is 8.77. The van der Waals surface area contributed by atoms with Gasteiger partial charge in [0, 0.05) is 12.5 Å². The van der Waals surface area contributed by atoms with Crippen LogP contribution in [-0.4, -0.2) is 11.6 Å². The molecule has 0 fully saturated rings. The first-order valence-corrected chi connectivity index (χ1v) is 4.62. The van der Waals surface area contributed by atoms with Gasteiger partial charge in [0.05, 0.1) is 5.56 Å². The zero-order chi connectivity index (χ0) is 12.2. The van der Waals surface area contributed by atoms with Gasteiger partial charge in [-0.3, -0.25) is 0 Å². The smallest absolute Gasteiger partial charge is 0.416 e. The molecule has 0 unspecified atom stereocenters. The standard InChI is InChI=1S/C10H7ClF3NO/c1-2-3-4-16-9-6-7(10(12,13)14)5-8(11)15-9/h1,5-6H,3-4H2. The van der Waals surface area contributed by atoms with E-state index in [1.54, 1.807) is 0 Å². The zero-order valence-electron chi connectivity index (χ0n) is 8.01. The normalized spacial score (nSPS) is 10.9. The van der Waals surface area contributed by atoms with E-state index in [2.05, 4.69) is 10.9 Å². The van der Waals surface area contributed by atoms with E-state index in [0.29, 0.717) is 0 Å². The third-order valence-corrected chi connectivity index (χ3v) is 1.79. The highest BCUT2D eigenvalue weighted by Crippen LogP contribution is 2.32. The van der Waals surface area contributed by atoms with Crippen molar-refractivity contribution in [2.75, 3.05) is 6.61 Å². The summed E-state index contributed by atoms with van der Waals surface area (Å²) in [5, 5.41) is -0.273. The molecule has 0 amide bonds. The lowest BCUT2D eigenvalue weighted by atomic mass is 10.2. The Kier molecular flexibility index (Phi) is 4.02.